The minimum absolute atomic E-state index is 0.0454. The Kier molecular flexibility index (Phi) is 12.2. The van der Waals surface area contributed by atoms with Gasteiger partial charge in [-0.05, 0) is 79.7 Å². The fraction of sp³-hybridized carbons (Fsp3) is 0.757. The topological polar surface area (TPSA) is 118 Å². The smallest absolute Gasteiger partial charge is 0.319 e. The molecule has 1 aromatic rings. The highest BCUT2D eigenvalue weighted by Gasteiger charge is 2.53. The molecule has 1 amide bonds. The Balaban J connectivity index is 1.64. The van der Waals surface area contributed by atoms with E-state index in [1.165, 1.54) is 0 Å². The summed E-state index contributed by atoms with van der Waals surface area (Å²) >= 11 is 0. The second-order valence-electron chi connectivity index (χ2n) is 15.7. The fourth-order valence-corrected chi connectivity index (χ4v) is 8.06. The van der Waals surface area contributed by atoms with Gasteiger partial charge >= 0.3 is 5.97 Å². The molecule has 270 valence electrons. The maximum atomic E-state index is 14.5. The van der Waals surface area contributed by atoms with Gasteiger partial charge in [-0.1, -0.05) is 32.0 Å². The first-order valence-electron chi connectivity index (χ1n) is 17.4. The predicted octanol–water partition coefficient (Wildman–Crippen LogP) is 3.62. The van der Waals surface area contributed by atoms with Gasteiger partial charge in [0.2, 0.25) is 0 Å². The van der Waals surface area contributed by atoms with Gasteiger partial charge in [0.25, 0.3) is 5.91 Å². The highest BCUT2D eigenvalue weighted by molar-refractivity contribution is 6.04. The third kappa shape index (κ3) is 8.30. The predicted molar refractivity (Wildman–Crippen MR) is 182 cm³/mol. The minimum atomic E-state index is -1.51. The summed E-state index contributed by atoms with van der Waals surface area (Å²) in [7, 11) is 7.46. The van der Waals surface area contributed by atoms with Crippen molar-refractivity contribution < 1.29 is 38.4 Å². The molecule has 11 nitrogen and oxygen atoms in total. The van der Waals surface area contributed by atoms with Crippen molar-refractivity contribution in [3.8, 4) is 0 Å². The molecule has 0 unspecified atom stereocenters. The van der Waals surface area contributed by atoms with Crippen LogP contribution in [0.2, 0.25) is 0 Å². The lowest BCUT2D eigenvalue weighted by atomic mass is 9.74. The van der Waals surface area contributed by atoms with Crippen LogP contribution in [0, 0.1) is 17.3 Å². The number of methoxy groups -OCH3 is 1. The van der Waals surface area contributed by atoms with Crippen molar-refractivity contribution in [3.05, 3.63) is 35.9 Å². The van der Waals surface area contributed by atoms with Crippen molar-refractivity contribution in [1.82, 2.24) is 14.7 Å². The van der Waals surface area contributed by atoms with Crippen molar-refractivity contribution >= 4 is 17.7 Å². The number of aliphatic hydroxyl groups excluding tert-OH is 1. The number of carbonyl (C=O) groups is 3. The summed E-state index contributed by atoms with van der Waals surface area (Å²) < 4.78 is 25.4. The summed E-state index contributed by atoms with van der Waals surface area (Å²) in [4.78, 5) is 47.8. The van der Waals surface area contributed by atoms with Gasteiger partial charge < -0.3 is 38.8 Å². The molecule has 11 heteroatoms. The number of esters is 1. The fourth-order valence-electron chi connectivity index (χ4n) is 8.06. The van der Waals surface area contributed by atoms with E-state index < -0.39 is 47.0 Å². The molecule has 3 fully saturated rings. The van der Waals surface area contributed by atoms with Crippen LogP contribution in [0.5, 0.6) is 0 Å². The molecule has 8 atom stereocenters. The van der Waals surface area contributed by atoms with E-state index in [-0.39, 0.29) is 29.8 Å². The van der Waals surface area contributed by atoms with E-state index in [0.717, 1.165) is 0 Å². The summed E-state index contributed by atoms with van der Waals surface area (Å²) in [5, 5.41) is 11.4. The van der Waals surface area contributed by atoms with Gasteiger partial charge in [0.1, 0.15) is 17.1 Å². The zero-order chi connectivity index (χ0) is 35.6. The molecule has 4 rings (SSSR count). The molecule has 48 heavy (non-hydrogen) atoms. The SMILES string of the molecule is CO[C@]1(C)C[C@@H](C)CN(C)CC2(CCN(C(=O)c3ccccc3)CC2)OC(=O)C(C)(C)C(=O)[C@H](C)[C@H]1O[C@@H]1O[C@H](C)C[C@H](N(C)C)[C@H]1O. The molecule has 1 spiro atoms. The monoisotopic (exact) mass is 673 g/mol. The molecular formula is C37H59N3O8. The number of ketones is 1. The van der Waals surface area contributed by atoms with E-state index in [9.17, 15) is 19.5 Å². The molecule has 1 aromatic carbocycles. The highest BCUT2D eigenvalue weighted by Crippen LogP contribution is 2.40. The lowest BCUT2D eigenvalue weighted by Gasteiger charge is -2.47. The number of likely N-dealkylation sites (tertiary alicyclic amines) is 1. The molecule has 0 aromatic heterocycles. The van der Waals surface area contributed by atoms with E-state index in [1.807, 2.05) is 75.1 Å². The maximum Gasteiger partial charge on any atom is 0.319 e. The lowest BCUT2D eigenvalue weighted by Crippen LogP contribution is -2.59. The molecule has 1 N–H and O–H groups in total. The van der Waals surface area contributed by atoms with Crippen LogP contribution in [-0.4, -0.2) is 134 Å². The number of ether oxygens (including phenoxy) is 4. The van der Waals surface area contributed by atoms with Gasteiger partial charge in [-0.3, -0.25) is 14.4 Å². The molecule has 0 bridgehead atoms. The quantitative estimate of drug-likeness (QED) is 0.367. The van der Waals surface area contributed by atoms with Crippen molar-refractivity contribution in [2.45, 2.75) is 109 Å². The third-order valence-corrected chi connectivity index (χ3v) is 10.8. The number of piperidine rings is 1. The van der Waals surface area contributed by atoms with E-state index in [2.05, 4.69) is 11.8 Å². The number of aliphatic hydroxyl groups is 1. The number of nitrogens with zero attached hydrogens (tertiary/aromatic N) is 3. The Bertz CT molecular complexity index is 1270. The lowest BCUT2D eigenvalue weighted by molar-refractivity contribution is -0.295. The number of amides is 1. The number of benzene rings is 1. The van der Waals surface area contributed by atoms with Gasteiger partial charge in [-0.15, -0.1) is 0 Å². The van der Waals surface area contributed by atoms with Crippen LogP contribution in [0.15, 0.2) is 30.3 Å². The van der Waals surface area contributed by atoms with Crippen LogP contribution >= 0.6 is 0 Å². The second-order valence-corrected chi connectivity index (χ2v) is 15.7. The van der Waals surface area contributed by atoms with E-state index in [4.69, 9.17) is 18.9 Å². The molecule has 0 aliphatic carbocycles. The number of likely N-dealkylation sites (N-methyl/N-ethyl adjacent to an activating group) is 2. The van der Waals surface area contributed by atoms with E-state index in [0.29, 0.717) is 57.4 Å². The number of Topliss-reactive ketones (excluding diaryl/α,β-unsaturated/α-hetero) is 1. The summed E-state index contributed by atoms with van der Waals surface area (Å²) in [5.41, 5.74) is -2.71. The third-order valence-electron chi connectivity index (χ3n) is 10.8. The first-order valence-corrected chi connectivity index (χ1v) is 17.4. The Morgan fingerprint density at radius 3 is 2.25 bits per heavy atom. The standard InChI is InChI=1S/C37H59N3O8/c1-24-21-36(6,45-10)31(47-33-29(41)28(38(7)8)20-25(2)46-33)26(3)30(42)35(4,5)34(44)48-37(23-39(9)22-24)16-18-40(19-17-37)32(43)27-14-12-11-13-15-27/h11-15,24-26,28-29,31,33,41H,16-23H2,1-10H3/t24-,25-,26+,28+,29-,31-,33+,36-/m1/s1. The van der Waals surface area contributed by atoms with Crippen molar-refractivity contribution in [2.24, 2.45) is 17.3 Å². The van der Waals surface area contributed by atoms with Gasteiger partial charge in [0.05, 0.1) is 17.8 Å². The van der Waals surface area contributed by atoms with Crippen molar-refractivity contribution in [2.75, 3.05) is 54.4 Å². The zero-order valence-corrected chi connectivity index (χ0v) is 30.7. The number of hydrogen-bond donors (Lipinski definition) is 1. The van der Waals surface area contributed by atoms with Crippen LogP contribution in [0.3, 0.4) is 0 Å². The van der Waals surface area contributed by atoms with Gasteiger partial charge in [0.15, 0.2) is 12.1 Å². The largest absolute Gasteiger partial charge is 0.457 e. The molecule has 0 saturated carbocycles. The Labute approximate surface area is 287 Å². The summed E-state index contributed by atoms with van der Waals surface area (Å²) in [6.07, 6.45) is -0.866. The molecule has 3 aliphatic heterocycles. The first kappa shape index (κ1) is 38.4. The molecular weight excluding hydrogens is 614 g/mol. The summed E-state index contributed by atoms with van der Waals surface area (Å²) in [6, 6.07) is 9.00. The molecule has 3 saturated heterocycles. The Morgan fingerprint density at radius 2 is 1.67 bits per heavy atom. The first-order chi connectivity index (χ1) is 22.4. The second kappa shape index (κ2) is 15.2. The van der Waals surface area contributed by atoms with Crippen LogP contribution in [-0.2, 0) is 28.5 Å². The minimum Gasteiger partial charge on any atom is -0.457 e. The average molecular weight is 674 g/mol. The Hall–Kier alpha value is -2.41. The van der Waals surface area contributed by atoms with Crippen LogP contribution in [0.1, 0.15) is 77.6 Å². The van der Waals surface area contributed by atoms with Gasteiger partial charge in [0, 0.05) is 63.7 Å². The summed E-state index contributed by atoms with van der Waals surface area (Å²) in [5.74, 6) is -1.70. The van der Waals surface area contributed by atoms with Crippen LogP contribution in [0.25, 0.3) is 0 Å². The van der Waals surface area contributed by atoms with Gasteiger partial charge in [-0.25, -0.2) is 0 Å². The van der Waals surface area contributed by atoms with Crippen LogP contribution < -0.4 is 0 Å². The number of carbonyl (C=O) groups excluding carboxylic acids is 3. The van der Waals surface area contributed by atoms with Crippen molar-refractivity contribution in [1.29, 1.82) is 0 Å². The summed E-state index contributed by atoms with van der Waals surface area (Å²) in [6.45, 7) is 13.0. The van der Waals surface area contributed by atoms with Gasteiger partial charge in [-0.2, -0.15) is 0 Å². The van der Waals surface area contributed by atoms with Crippen LogP contribution in [0.4, 0.5) is 0 Å². The maximum absolute atomic E-state index is 14.5. The number of hydrogen-bond acceptors (Lipinski definition) is 10. The van der Waals surface area contributed by atoms with E-state index in [1.54, 1.807) is 27.9 Å². The Morgan fingerprint density at radius 1 is 1.04 bits per heavy atom. The highest BCUT2D eigenvalue weighted by atomic mass is 16.7. The molecule has 3 heterocycles. The van der Waals surface area contributed by atoms with Crippen molar-refractivity contribution in [3.63, 3.8) is 0 Å². The zero-order valence-electron chi connectivity index (χ0n) is 30.7. The average Bonchev–Trinajstić information content (AvgIpc) is 3.03. The van der Waals surface area contributed by atoms with E-state index >= 15 is 0 Å². The normalized spacial score (nSPS) is 35.4. The number of rotatable bonds is 5. The molecule has 0 radical (unpaired) electrons. The molecule has 3 aliphatic rings.